The maximum Gasteiger partial charge on any atom is 0.134 e. The highest BCUT2D eigenvalue weighted by molar-refractivity contribution is 7.99. The fraction of sp³-hybridized carbons (Fsp3) is 0.714. The molecule has 1 atom stereocenters. The molecular formula is C14H22N4OS. The fourth-order valence-electron chi connectivity index (χ4n) is 2.70. The number of aromatic nitrogens is 2. The predicted octanol–water partition coefficient (Wildman–Crippen LogP) is 1.65. The number of nitrogens with zero attached hydrogens (tertiary/aromatic N) is 4. The molecule has 0 radical (unpaired) electrons. The van der Waals surface area contributed by atoms with Crippen LogP contribution in [-0.2, 0) is 4.74 Å². The molecule has 0 bridgehead atoms. The van der Waals surface area contributed by atoms with Gasteiger partial charge < -0.3 is 14.5 Å². The van der Waals surface area contributed by atoms with Crippen LogP contribution < -0.4 is 9.80 Å². The van der Waals surface area contributed by atoms with Gasteiger partial charge in [-0.1, -0.05) is 0 Å². The van der Waals surface area contributed by atoms with E-state index in [0.29, 0.717) is 6.04 Å². The normalized spacial score (nSPS) is 24.6. The first kappa shape index (κ1) is 13.9. The molecule has 20 heavy (non-hydrogen) atoms. The Bertz CT molecular complexity index is 439. The van der Waals surface area contributed by atoms with E-state index < -0.39 is 0 Å². The van der Waals surface area contributed by atoms with E-state index in [9.17, 15) is 0 Å². The molecule has 0 spiro atoms. The summed E-state index contributed by atoms with van der Waals surface area (Å²) in [6.45, 7) is 6.95. The number of hydrogen-bond donors (Lipinski definition) is 0. The third-order valence-electron chi connectivity index (χ3n) is 3.96. The van der Waals surface area contributed by atoms with Crippen LogP contribution >= 0.6 is 11.8 Å². The highest BCUT2D eigenvalue weighted by Gasteiger charge is 2.20. The molecule has 5 nitrogen and oxygen atoms in total. The van der Waals surface area contributed by atoms with E-state index in [1.807, 2.05) is 11.8 Å². The Hall–Kier alpha value is -1.01. The summed E-state index contributed by atoms with van der Waals surface area (Å²) in [7, 11) is 0. The van der Waals surface area contributed by atoms with Gasteiger partial charge in [0.25, 0.3) is 0 Å². The Labute approximate surface area is 124 Å². The number of thioether (sulfide) groups is 1. The van der Waals surface area contributed by atoms with Crippen molar-refractivity contribution in [3.05, 3.63) is 12.4 Å². The highest BCUT2D eigenvalue weighted by Crippen LogP contribution is 2.23. The second-order valence-corrected chi connectivity index (χ2v) is 6.50. The molecule has 0 N–H and O–H groups in total. The summed E-state index contributed by atoms with van der Waals surface area (Å²) in [5.41, 5.74) is 0. The Morgan fingerprint density at radius 3 is 2.80 bits per heavy atom. The zero-order valence-corrected chi connectivity index (χ0v) is 12.8. The first-order chi connectivity index (χ1) is 9.84. The van der Waals surface area contributed by atoms with E-state index in [1.165, 1.54) is 11.5 Å². The summed E-state index contributed by atoms with van der Waals surface area (Å²) < 4.78 is 5.56. The van der Waals surface area contributed by atoms with Crippen molar-refractivity contribution in [3.63, 3.8) is 0 Å². The molecular weight excluding hydrogens is 272 g/mol. The Morgan fingerprint density at radius 2 is 1.95 bits per heavy atom. The molecule has 0 aliphatic carbocycles. The van der Waals surface area contributed by atoms with Crippen LogP contribution in [0.4, 0.5) is 11.6 Å². The predicted molar refractivity (Wildman–Crippen MR) is 83.8 cm³/mol. The lowest BCUT2D eigenvalue weighted by molar-refractivity contribution is 0.150. The lowest BCUT2D eigenvalue weighted by Crippen LogP contribution is -2.36. The van der Waals surface area contributed by atoms with Crippen molar-refractivity contribution in [2.24, 2.45) is 0 Å². The van der Waals surface area contributed by atoms with Crippen molar-refractivity contribution in [2.75, 3.05) is 54.2 Å². The lowest BCUT2D eigenvalue weighted by atomic mass is 10.2. The van der Waals surface area contributed by atoms with Crippen molar-refractivity contribution >= 4 is 23.4 Å². The number of ether oxygens (including phenoxy) is 1. The molecule has 2 aliphatic heterocycles. The molecule has 0 amide bonds. The summed E-state index contributed by atoms with van der Waals surface area (Å²) in [6, 6.07) is 2.61. The van der Waals surface area contributed by atoms with Crippen molar-refractivity contribution in [1.82, 2.24) is 9.97 Å². The van der Waals surface area contributed by atoms with Crippen LogP contribution in [0.15, 0.2) is 12.4 Å². The van der Waals surface area contributed by atoms with Gasteiger partial charge in [-0.3, -0.25) is 0 Å². The molecule has 3 heterocycles. The molecule has 2 saturated heterocycles. The Kier molecular flexibility index (Phi) is 4.62. The smallest absolute Gasteiger partial charge is 0.134 e. The van der Waals surface area contributed by atoms with Crippen LogP contribution in [0, 0.1) is 0 Å². The van der Waals surface area contributed by atoms with E-state index >= 15 is 0 Å². The minimum atomic E-state index is 0.470. The summed E-state index contributed by atoms with van der Waals surface area (Å²) in [6.07, 6.45) is 2.75. The van der Waals surface area contributed by atoms with Crippen LogP contribution in [0.1, 0.15) is 13.3 Å². The summed E-state index contributed by atoms with van der Waals surface area (Å²) in [5, 5.41) is 0. The third kappa shape index (κ3) is 3.17. The maximum atomic E-state index is 5.56. The van der Waals surface area contributed by atoms with E-state index in [-0.39, 0.29) is 0 Å². The van der Waals surface area contributed by atoms with Crippen LogP contribution in [-0.4, -0.2) is 60.4 Å². The molecule has 2 aliphatic rings. The maximum absolute atomic E-state index is 5.56. The van der Waals surface area contributed by atoms with Crippen molar-refractivity contribution in [2.45, 2.75) is 19.4 Å². The van der Waals surface area contributed by atoms with Crippen LogP contribution in [0.5, 0.6) is 0 Å². The van der Waals surface area contributed by atoms with E-state index in [4.69, 9.17) is 4.74 Å². The lowest BCUT2D eigenvalue weighted by Gasteiger charge is -2.30. The average molecular weight is 294 g/mol. The van der Waals surface area contributed by atoms with Crippen molar-refractivity contribution < 1.29 is 4.74 Å². The van der Waals surface area contributed by atoms with Gasteiger partial charge in [0.15, 0.2) is 0 Å². The minimum Gasteiger partial charge on any atom is -0.380 e. The van der Waals surface area contributed by atoms with Crippen LogP contribution in [0.25, 0.3) is 0 Å². The van der Waals surface area contributed by atoms with Crippen molar-refractivity contribution in [1.29, 1.82) is 0 Å². The van der Waals surface area contributed by atoms with Gasteiger partial charge in [-0.25, -0.2) is 9.97 Å². The number of hydrogen-bond acceptors (Lipinski definition) is 6. The number of rotatable bonds is 2. The number of anilines is 2. The fourth-order valence-corrected chi connectivity index (χ4v) is 3.60. The van der Waals surface area contributed by atoms with Crippen molar-refractivity contribution in [3.8, 4) is 0 Å². The van der Waals surface area contributed by atoms with Crippen LogP contribution in [0.3, 0.4) is 0 Å². The minimum absolute atomic E-state index is 0.470. The van der Waals surface area contributed by atoms with Crippen LogP contribution in [0.2, 0.25) is 0 Å². The van der Waals surface area contributed by atoms with Gasteiger partial charge in [0.2, 0.25) is 0 Å². The van der Waals surface area contributed by atoms with E-state index in [0.717, 1.165) is 50.9 Å². The largest absolute Gasteiger partial charge is 0.380 e. The average Bonchev–Trinajstić information content (AvgIpc) is 2.73. The molecule has 6 heteroatoms. The first-order valence-electron chi connectivity index (χ1n) is 7.34. The quantitative estimate of drug-likeness (QED) is 0.826. The molecule has 0 saturated carbocycles. The Balaban J connectivity index is 1.78. The molecule has 0 unspecified atom stereocenters. The van der Waals surface area contributed by atoms with Gasteiger partial charge in [0, 0.05) is 49.9 Å². The topological polar surface area (TPSA) is 41.5 Å². The van der Waals surface area contributed by atoms with Gasteiger partial charge in [0.05, 0.1) is 6.61 Å². The van der Waals surface area contributed by atoms with Gasteiger partial charge in [-0.05, 0) is 13.3 Å². The SMILES string of the molecule is C[C@@H]1CCOCCN1c1cc(N2CCSCC2)ncn1. The zero-order chi connectivity index (χ0) is 13.8. The monoisotopic (exact) mass is 294 g/mol. The van der Waals surface area contributed by atoms with E-state index in [2.05, 4.69) is 32.8 Å². The third-order valence-corrected chi connectivity index (χ3v) is 4.90. The second kappa shape index (κ2) is 6.63. The van der Waals surface area contributed by atoms with Gasteiger partial charge >= 0.3 is 0 Å². The molecule has 110 valence electrons. The molecule has 3 rings (SSSR count). The van der Waals surface area contributed by atoms with Gasteiger partial charge in [-0.15, -0.1) is 0 Å². The summed E-state index contributed by atoms with van der Waals surface area (Å²) in [4.78, 5) is 13.6. The van der Waals surface area contributed by atoms with Gasteiger partial charge in [-0.2, -0.15) is 11.8 Å². The van der Waals surface area contributed by atoms with E-state index in [1.54, 1.807) is 6.33 Å². The standard InChI is InChI=1S/C14H22N4OS/c1-12-2-6-19-7-3-18(12)14-10-13(15-11-16-14)17-4-8-20-9-5-17/h10-12H,2-9H2,1H3/t12-/m1/s1. The molecule has 1 aromatic rings. The molecule has 0 aromatic carbocycles. The molecule has 1 aromatic heterocycles. The zero-order valence-electron chi connectivity index (χ0n) is 12.0. The Morgan fingerprint density at radius 1 is 1.15 bits per heavy atom. The highest BCUT2D eigenvalue weighted by atomic mass is 32.2. The second-order valence-electron chi connectivity index (χ2n) is 5.28. The first-order valence-corrected chi connectivity index (χ1v) is 8.49. The molecule has 2 fully saturated rings. The summed E-state index contributed by atoms with van der Waals surface area (Å²) in [5.74, 6) is 4.47. The summed E-state index contributed by atoms with van der Waals surface area (Å²) >= 11 is 2.02. The van der Waals surface area contributed by atoms with Gasteiger partial charge in [0.1, 0.15) is 18.0 Å².